The third-order valence-electron chi connectivity index (χ3n) is 4.26. The van der Waals surface area contributed by atoms with Gasteiger partial charge in [-0.3, -0.25) is 9.36 Å². The largest absolute Gasteiger partial charge is 0.353 e. The molecule has 1 aliphatic rings. The maximum Gasteiger partial charge on any atom is 0.251 e. The van der Waals surface area contributed by atoms with E-state index in [4.69, 9.17) is 11.6 Å². The number of benzene rings is 1. The first-order valence-corrected chi connectivity index (χ1v) is 9.05. The van der Waals surface area contributed by atoms with Gasteiger partial charge in [-0.2, -0.15) is 5.26 Å². The van der Waals surface area contributed by atoms with Gasteiger partial charge >= 0.3 is 0 Å². The molecule has 0 unspecified atom stereocenters. The number of halogens is 2. The Hall–Kier alpha value is -2.36. The predicted molar refractivity (Wildman–Crippen MR) is 98.2 cm³/mol. The first kappa shape index (κ1) is 16.1. The van der Waals surface area contributed by atoms with E-state index in [1.54, 1.807) is 16.7 Å². The van der Waals surface area contributed by atoms with Crippen molar-refractivity contribution in [3.8, 4) is 6.07 Å². The fourth-order valence-electron chi connectivity index (χ4n) is 2.78. The highest BCUT2D eigenvalue weighted by Crippen LogP contribution is 2.38. The Morgan fingerprint density at radius 3 is 2.84 bits per heavy atom. The third kappa shape index (κ3) is 3.01. The molecule has 0 bridgehead atoms. The first-order chi connectivity index (χ1) is 12.1. The minimum absolute atomic E-state index is 0.00804. The second-order valence-electron chi connectivity index (χ2n) is 6.12. The van der Waals surface area contributed by atoms with Crippen LogP contribution in [0.4, 0.5) is 15.8 Å². The average Bonchev–Trinajstić information content (AvgIpc) is 3.35. The Bertz CT molecular complexity index is 1080. The molecule has 1 N–H and O–H groups in total. The summed E-state index contributed by atoms with van der Waals surface area (Å²) in [5.74, 6) is 0.0458. The van der Waals surface area contributed by atoms with Gasteiger partial charge in [0.15, 0.2) is 0 Å². The number of anilines is 2. The highest BCUT2D eigenvalue weighted by Gasteiger charge is 2.24. The maximum absolute atomic E-state index is 13.4. The number of hydrogen-bond acceptors (Lipinski definition) is 4. The minimum atomic E-state index is -0.499. The molecule has 0 atom stereocenters. The van der Waals surface area contributed by atoms with E-state index in [9.17, 15) is 14.4 Å². The molecule has 7 heteroatoms. The molecule has 0 aliphatic heterocycles. The van der Waals surface area contributed by atoms with Crippen LogP contribution in [-0.4, -0.2) is 4.57 Å². The molecule has 2 heterocycles. The molecule has 0 saturated heterocycles. The van der Waals surface area contributed by atoms with Crippen LogP contribution in [0.2, 0.25) is 5.02 Å². The van der Waals surface area contributed by atoms with Crippen LogP contribution in [0, 0.1) is 23.1 Å². The zero-order valence-corrected chi connectivity index (χ0v) is 14.6. The fraction of sp³-hybridized carbons (Fsp3) is 0.222. The Morgan fingerprint density at radius 1 is 1.36 bits per heavy atom. The lowest BCUT2D eigenvalue weighted by Gasteiger charge is -2.08. The van der Waals surface area contributed by atoms with Crippen molar-refractivity contribution in [3.63, 3.8) is 0 Å². The minimum Gasteiger partial charge on any atom is -0.353 e. The second-order valence-corrected chi connectivity index (χ2v) is 7.52. The number of nitriles is 1. The van der Waals surface area contributed by atoms with Crippen LogP contribution in [0.1, 0.15) is 17.7 Å². The molecule has 1 aliphatic carbocycles. The number of fused-ring (bicyclic) bond motifs is 1. The molecule has 126 valence electrons. The van der Waals surface area contributed by atoms with Crippen molar-refractivity contribution in [2.24, 2.45) is 5.92 Å². The highest BCUT2D eigenvalue weighted by atomic mass is 35.5. The number of nitrogens with zero attached hydrogens (tertiary/aromatic N) is 2. The van der Waals surface area contributed by atoms with E-state index in [1.807, 2.05) is 0 Å². The monoisotopic (exact) mass is 373 g/mol. The smallest absolute Gasteiger partial charge is 0.251 e. The predicted octanol–water partition coefficient (Wildman–Crippen LogP) is 4.88. The van der Waals surface area contributed by atoms with Crippen LogP contribution in [0.3, 0.4) is 0 Å². The molecule has 1 aromatic carbocycles. The van der Waals surface area contributed by atoms with Crippen LogP contribution < -0.4 is 10.9 Å². The van der Waals surface area contributed by atoms with Crippen molar-refractivity contribution in [3.05, 3.63) is 56.4 Å². The van der Waals surface area contributed by atoms with E-state index in [1.165, 1.54) is 29.5 Å². The summed E-state index contributed by atoms with van der Waals surface area (Å²) in [6, 6.07) is 9.75. The number of thiophene rings is 1. The summed E-state index contributed by atoms with van der Waals surface area (Å²) in [6.07, 6.45) is 2.27. The molecule has 3 aromatic rings. The van der Waals surface area contributed by atoms with Crippen molar-refractivity contribution in [1.82, 2.24) is 4.57 Å². The molecule has 0 spiro atoms. The summed E-state index contributed by atoms with van der Waals surface area (Å²) >= 11 is 7.13. The van der Waals surface area contributed by atoms with Gasteiger partial charge in [-0.1, -0.05) is 11.6 Å². The van der Waals surface area contributed by atoms with Gasteiger partial charge in [-0.25, -0.2) is 4.39 Å². The number of rotatable bonds is 4. The van der Waals surface area contributed by atoms with E-state index >= 15 is 0 Å². The summed E-state index contributed by atoms with van der Waals surface area (Å²) in [7, 11) is 0. The Kier molecular flexibility index (Phi) is 3.98. The number of nitrogens with one attached hydrogen (secondary N) is 1. The number of pyridine rings is 1. The van der Waals surface area contributed by atoms with Gasteiger partial charge in [0.25, 0.3) is 5.56 Å². The van der Waals surface area contributed by atoms with E-state index in [0.717, 1.165) is 23.1 Å². The Balaban J connectivity index is 1.83. The van der Waals surface area contributed by atoms with Gasteiger partial charge in [0.05, 0.1) is 10.7 Å². The van der Waals surface area contributed by atoms with Crippen molar-refractivity contribution in [2.45, 2.75) is 19.4 Å². The SMILES string of the molecule is N#Cc1sc2c(ccc(=O)n2CC2CC2)c1Nc1ccc(F)c(Cl)c1. The van der Waals surface area contributed by atoms with E-state index < -0.39 is 5.82 Å². The normalized spacial score (nSPS) is 13.8. The van der Waals surface area contributed by atoms with Gasteiger partial charge < -0.3 is 5.32 Å². The van der Waals surface area contributed by atoms with Crippen molar-refractivity contribution >= 4 is 44.5 Å². The first-order valence-electron chi connectivity index (χ1n) is 7.85. The molecule has 2 aromatic heterocycles. The average molecular weight is 374 g/mol. The lowest BCUT2D eigenvalue weighted by Crippen LogP contribution is -2.19. The van der Waals surface area contributed by atoms with Crippen LogP contribution in [0.15, 0.2) is 35.1 Å². The molecule has 4 nitrogen and oxygen atoms in total. The zero-order valence-electron chi connectivity index (χ0n) is 13.1. The Labute approximate surface area is 152 Å². The Morgan fingerprint density at radius 2 is 2.16 bits per heavy atom. The van der Waals surface area contributed by atoms with Gasteiger partial charge in [0, 0.05) is 23.7 Å². The molecular formula is C18H13ClFN3OS. The standard InChI is InChI=1S/C18H13ClFN3OS/c19-13-7-11(3-5-14(13)20)22-17-12-4-6-16(24)23(9-10-1-2-10)18(12)25-15(17)8-21/h3-7,10,22H,1-2,9H2. The van der Waals surface area contributed by atoms with Crippen molar-refractivity contribution < 1.29 is 4.39 Å². The second kappa shape index (κ2) is 6.17. The van der Waals surface area contributed by atoms with Crippen LogP contribution in [0.5, 0.6) is 0 Å². The van der Waals surface area contributed by atoms with Crippen molar-refractivity contribution in [1.29, 1.82) is 5.26 Å². The van der Waals surface area contributed by atoms with Crippen LogP contribution in [-0.2, 0) is 6.54 Å². The summed E-state index contributed by atoms with van der Waals surface area (Å²) in [4.78, 5) is 13.5. The lowest BCUT2D eigenvalue weighted by molar-refractivity contribution is 0.628. The fourth-order valence-corrected chi connectivity index (χ4v) is 4.02. The molecule has 0 amide bonds. The van der Waals surface area contributed by atoms with Gasteiger partial charge in [-0.05, 0) is 43.0 Å². The molecular weight excluding hydrogens is 361 g/mol. The molecule has 25 heavy (non-hydrogen) atoms. The summed E-state index contributed by atoms with van der Waals surface area (Å²) in [5, 5.41) is 13.5. The van der Waals surface area contributed by atoms with E-state index in [2.05, 4.69) is 11.4 Å². The summed E-state index contributed by atoms with van der Waals surface area (Å²) in [6.45, 7) is 0.684. The topological polar surface area (TPSA) is 57.8 Å². The quantitative estimate of drug-likeness (QED) is 0.709. The molecule has 1 saturated carbocycles. The van der Waals surface area contributed by atoms with E-state index in [0.29, 0.717) is 28.7 Å². The van der Waals surface area contributed by atoms with Crippen LogP contribution in [0.25, 0.3) is 10.2 Å². The molecule has 4 rings (SSSR count). The lowest BCUT2D eigenvalue weighted by atomic mass is 10.2. The molecule has 0 radical (unpaired) electrons. The van der Waals surface area contributed by atoms with Gasteiger partial charge in [0.1, 0.15) is 21.6 Å². The van der Waals surface area contributed by atoms with Crippen LogP contribution >= 0.6 is 22.9 Å². The number of hydrogen-bond donors (Lipinski definition) is 1. The summed E-state index contributed by atoms with van der Waals surface area (Å²) in [5.41, 5.74) is 1.15. The van der Waals surface area contributed by atoms with Gasteiger partial charge in [0.2, 0.25) is 0 Å². The van der Waals surface area contributed by atoms with Gasteiger partial charge in [-0.15, -0.1) is 11.3 Å². The third-order valence-corrected chi connectivity index (χ3v) is 5.68. The zero-order chi connectivity index (χ0) is 17.6. The highest BCUT2D eigenvalue weighted by molar-refractivity contribution is 7.19. The summed E-state index contributed by atoms with van der Waals surface area (Å²) < 4.78 is 15.1. The number of aromatic nitrogens is 1. The van der Waals surface area contributed by atoms with E-state index in [-0.39, 0.29) is 10.6 Å². The maximum atomic E-state index is 13.4. The van der Waals surface area contributed by atoms with Crippen molar-refractivity contribution in [2.75, 3.05) is 5.32 Å². The molecule has 1 fully saturated rings.